The molecular formula is C71H137NO5. The first-order valence-electron chi connectivity index (χ1n) is 35.1. The van der Waals surface area contributed by atoms with Gasteiger partial charge in [0.1, 0.15) is 0 Å². The maximum atomic E-state index is 12.5. The van der Waals surface area contributed by atoms with Crippen LogP contribution in [0.1, 0.15) is 393 Å². The Morgan fingerprint density at radius 2 is 0.649 bits per heavy atom. The van der Waals surface area contributed by atoms with Gasteiger partial charge in [-0.25, -0.2) is 0 Å². The third kappa shape index (κ3) is 63.4. The van der Waals surface area contributed by atoms with Gasteiger partial charge in [-0.3, -0.25) is 9.59 Å². The Balaban J connectivity index is 3.42. The summed E-state index contributed by atoms with van der Waals surface area (Å²) in [5.41, 5.74) is 0. The molecule has 2 atom stereocenters. The van der Waals surface area contributed by atoms with Gasteiger partial charge >= 0.3 is 5.97 Å². The second kappa shape index (κ2) is 66.8. The van der Waals surface area contributed by atoms with E-state index in [9.17, 15) is 19.8 Å². The summed E-state index contributed by atoms with van der Waals surface area (Å²) in [6.45, 7) is 4.98. The van der Waals surface area contributed by atoms with Crippen LogP contribution in [0.15, 0.2) is 24.3 Å². The molecule has 0 aliphatic rings. The van der Waals surface area contributed by atoms with Crippen molar-refractivity contribution < 1.29 is 24.5 Å². The molecule has 0 heterocycles. The first-order chi connectivity index (χ1) is 38.0. The van der Waals surface area contributed by atoms with Crippen molar-refractivity contribution in [1.82, 2.24) is 5.32 Å². The third-order valence-electron chi connectivity index (χ3n) is 16.5. The van der Waals surface area contributed by atoms with E-state index < -0.39 is 12.1 Å². The molecule has 0 rings (SSSR count). The van der Waals surface area contributed by atoms with E-state index in [1.165, 1.54) is 315 Å². The smallest absolute Gasteiger partial charge is 0.305 e. The number of carbonyl (C=O) groups excluding carboxylic acids is 2. The van der Waals surface area contributed by atoms with E-state index in [0.29, 0.717) is 25.9 Å². The average molecular weight is 1080 g/mol. The fourth-order valence-electron chi connectivity index (χ4n) is 11.1. The third-order valence-corrected chi connectivity index (χ3v) is 16.5. The van der Waals surface area contributed by atoms with Crippen molar-refractivity contribution in [2.24, 2.45) is 0 Å². The minimum Gasteiger partial charge on any atom is -0.466 e. The first-order valence-corrected chi connectivity index (χ1v) is 35.1. The standard InChI is InChI=1S/C71H137NO5/c1-3-5-7-9-11-13-15-16-17-18-19-20-28-31-34-37-40-44-47-51-55-59-63-69(74)68(67-73)72-70(75)64-60-56-52-48-45-41-38-35-32-29-26-24-22-21-23-25-27-30-33-36-39-42-46-50-54-58-62-66-77-71(76)65-61-57-53-49-43-14-12-10-8-6-4-2/h21-22,25,27,68-69,73-74H,3-20,23-24,26,28-67H2,1-2H3,(H,72,75)/b22-21-,27-25-. The zero-order valence-electron chi connectivity index (χ0n) is 52.2. The van der Waals surface area contributed by atoms with Gasteiger partial charge < -0.3 is 20.3 Å². The molecule has 3 N–H and O–H groups in total. The molecule has 0 spiro atoms. The number of carbonyl (C=O) groups is 2. The largest absolute Gasteiger partial charge is 0.466 e. The fraction of sp³-hybridized carbons (Fsp3) is 0.915. The molecule has 456 valence electrons. The zero-order valence-corrected chi connectivity index (χ0v) is 52.2. The predicted octanol–water partition coefficient (Wildman–Crippen LogP) is 22.5. The summed E-state index contributed by atoms with van der Waals surface area (Å²) in [6, 6.07) is -0.545. The summed E-state index contributed by atoms with van der Waals surface area (Å²) < 4.78 is 5.47. The predicted molar refractivity (Wildman–Crippen MR) is 338 cm³/mol. The van der Waals surface area contributed by atoms with Gasteiger partial charge in [0, 0.05) is 12.8 Å². The van der Waals surface area contributed by atoms with Crippen LogP contribution in [0, 0.1) is 0 Å². The number of unbranched alkanes of at least 4 members (excludes halogenated alkanes) is 51. The summed E-state index contributed by atoms with van der Waals surface area (Å²) in [5, 5.41) is 23.4. The molecule has 0 fully saturated rings. The van der Waals surface area contributed by atoms with E-state index in [2.05, 4.69) is 43.5 Å². The molecule has 6 heteroatoms. The van der Waals surface area contributed by atoms with Crippen LogP contribution in [0.3, 0.4) is 0 Å². The van der Waals surface area contributed by atoms with Crippen molar-refractivity contribution in [1.29, 1.82) is 0 Å². The number of ether oxygens (including phenoxy) is 1. The number of allylic oxidation sites excluding steroid dienone is 4. The molecule has 0 aliphatic heterocycles. The van der Waals surface area contributed by atoms with E-state index in [0.717, 1.165) is 44.9 Å². The highest BCUT2D eigenvalue weighted by atomic mass is 16.5. The number of aliphatic hydroxyl groups excluding tert-OH is 2. The van der Waals surface area contributed by atoms with Crippen LogP contribution < -0.4 is 5.32 Å². The normalized spacial score (nSPS) is 12.6. The number of esters is 1. The second-order valence-electron chi connectivity index (χ2n) is 24.2. The van der Waals surface area contributed by atoms with Gasteiger partial charge in [-0.05, 0) is 57.8 Å². The molecule has 77 heavy (non-hydrogen) atoms. The Labute approximate surface area is 481 Å². The molecule has 0 bridgehead atoms. The molecule has 0 aromatic rings. The fourth-order valence-corrected chi connectivity index (χ4v) is 11.1. The van der Waals surface area contributed by atoms with Crippen LogP contribution in [-0.2, 0) is 14.3 Å². The number of rotatable bonds is 66. The molecule has 1 amide bonds. The van der Waals surface area contributed by atoms with Crippen molar-refractivity contribution in [3.63, 3.8) is 0 Å². The van der Waals surface area contributed by atoms with E-state index in [1.54, 1.807) is 0 Å². The van der Waals surface area contributed by atoms with Gasteiger partial charge in [0.15, 0.2) is 0 Å². The monoisotopic (exact) mass is 1080 g/mol. The van der Waals surface area contributed by atoms with Gasteiger partial charge in [0.2, 0.25) is 5.91 Å². The highest BCUT2D eigenvalue weighted by Gasteiger charge is 2.20. The van der Waals surface area contributed by atoms with Crippen LogP contribution in [0.5, 0.6) is 0 Å². The van der Waals surface area contributed by atoms with Gasteiger partial charge in [-0.1, -0.05) is 346 Å². The Bertz CT molecular complexity index is 1200. The SMILES string of the molecule is CCCCCCCCCCCCCCCCCCCCCCCCC(O)C(CO)NC(=O)CCCCCCCCCCCCC/C=C\C/C=C\CCCCCCCCCCCOC(=O)CCCCCCCCCCCCC. The Morgan fingerprint density at radius 1 is 0.364 bits per heavy atom. The van der Waals surface area contributed by atoms with Crippen molar-refractivity contribution in [2.75, 3.05) is 13.2 Å². The van der Waals surface area contributed by atoms with Crippen LogP contribution in [0.4, 0.5) is 0 Å². The van der Waals surface area contributed by atoms with Gasteiger partial charge in [0.25, 0.3) is 0 Å². The van der Waals surface area contributed by atoms with E-state index in [-0.39, 0.29) is 18.5 Å². The van der Waals surface area contributed by atoms with Crippen molar-refractivity contribution in [2.45, 2.75) is 405 Å². The van der Waals surface area contributed by atoms with Crippen molar-refractivity contribution in [3.05, 3.63) is 24.3 Å². The van der Waals surface area contributed by atoms with Crippen LogP contribution in [-0.4, -0.2) is 47.4 Å². The minimum absolute atomic E-state index is 0.0110. The quantitative estimate of drug-likeness (QED) is 0.0320. The Morgan fingerprint density at radius 3 is 0.987 bits per heavy atom. The highest BCUT2D eigenvalue weighted by molar-refractivity contribution is 5.76. The molecule has 0 aromatic heterocycles. The molecule has 0 aliphatic carbocycles. The van der Waals surface area contributed by atoms with Crippen molar-refractivity contribution >= 4 is 11.9 Å². The number of nitrogens with one attached hydrogen (secondary N) is 1. The summed E-state index contributed by atoms with van der Waals surface area (Å²) in [6.07, 6.45) is 83.6. The minimum atomic E-state index is -0.667. The lowest BCUT2D eigenvalue weighted by molar-refractivity contribution is -0.143. The maximum Gasteiger partial charge on any atom is 0.305 e. The molecular weight excluding hydrogens is 947 g/mol. The number of aliphatic hydroxyl groups is 2. The summed E-state index contributed by atoms with van der Waals surface area (Å²) in [4.78, 5) is 24.6. The van der Waals surface area contributed by atoms with Gasteiger partial charge in [0.05, 0.1) is 25.4 Å². The maximum absolute atomic E-state index is 12.5. The second-order valence-corrected chi connectivity index (χ2v) is 24.2. The van der Waals surface area contributed by atoms with E-state index in [1.807, 2.05) is 0 Å². The molecule has 2 unspecified atom stereocenters. The molecule has 0 saturated carbocycles. The summed E-state index contributed by atoms with van der Waals surface area (Å²) >= 11 is 0. The van der Waals surface area contributed by atoms with Crippen molar-refractivity contribution in [3.8, 4) is 0 Å². The van der Waals surface area contributed by atoms with E-state index in [4.69, 9.17) is 4.74 Å². The molecule has 6 nitrogen and oxygen atoms in total. The zero-order chi connectivity index (χ0) is 55.7. The Kier molecular flexibility index (Phi) is 65.4. The highest BCUT2D eigenvalue weighted by Crippen LogP contribution is 2.19. The summed E-state index contributed by atoms with van der Waals surface area (Å²) in [7, 11) is 0. The molecule has 0 saturated heterocycles. The lowest BCUT2D eigenvalue weighted by Gasteiger charge is -2.22. The topological polar surface area (TPSA) is 95.9 Å². The van der Waals surface area contributed by atoms with Gasteiger partial charge in [-0.2, -0.15) is 0 Å². The average Bonchev–Trinajstić information content (AvgIpc) is 3.43. The number of hydrogen-bond acceptors (Lipinski definition) is 5. The molecule has 0 radical (unpaired) electrons. The summed E-state index contributed by atoms with van der Waals surface area (Å²) in [5.74, 6) is -0.0226. The lowest BCUT2D eigenvalue weighted by atomic mass is 10.0. The Hall–Kier alpha value is -1.66. The lowest BCUT2D eigenvalue weighted by Crippen LogP contribution is -2.45. The first kappa shape index (κ1) is 75.3. The number of hydrogen-bond donors (Lipinski definition) is 3. The van der Waals surface area contributed by atoms with Crippen LogP contribution in [0.25, 0.3) is 0 Å². The van der Waals surface area contributed by atoms with Gasteiger partial charge in [-0.15, -0.1) is 0 Å². The van der Waals surface area contributed by atoms with Crippen LogP contribution in [0.2, 0.25) is 0 Å². The van der Waals surface area contributed by atoms with E-state index >= 15 is 0 Å². The number of amides is 1. The van der Waals surface area contributed by atoms with Crippen LogP contribution >= 0.6 is 0 Å². The molecule has 0 aromatic carbocycles.